The number of nitrogens with zero attached hydrogens (tertiary/aromatic N) is 6. The summed E-state index contributed by atoms with van der Waals surface area (Å²) in [7, 11) is 0. The van der Waals surface area contributed by atoms with E-state index in [4.69, 9.17) is 15.7 Å². The number of aliphatic hydroxyl groups is 1. The first-order valence-electron chi connectivity index (χ1n) is 12.8. The topological polar surface area (TPSA) is 120 Å². The van der Waals surface area contributed by atoms with E-state index in [2.05, 4.69) is 55.3 Å². The highest BCUT2D eigenvalue weighted by Crippen LogP contribution is 2.51. The molecule has 2 aliphatic heterocycles. The number of aromatic amines is 1. The van der Waals surface area contributed by atoms with Crippen molar-refractivity contribution in [2.45, 2.75) is 44.8 Å². The summed E-state index contributed by atoms with van der Waals surface area (Å²) in [6.07, 6.45) is 6.79. The molecule has 1 aromatic carbocycles. The van der Waals surface area contributed by atoms with Crippen LogP contribution in [-0.4, -0.2) is 49.9 Å². The highest BCUT2D eigenvalue weighted by Gasteiger charge is 2.46. The molecule has 1 atom stereocenters. The van der Waals surface area contributed by atoms with Gasteiger partial charge in [-0.1, -0.05) is 24.3 Å². The van der Waals surface area contributed by atoms with E-state index >= 15 is 0 Å². The SMILES string of the molecule is N[C@@H]1c2ccccc2CC12CCN(c1nc3[nH]nc(N4CCCc5ncccc54)c3nc1CO)CC2. The first kappa shape index (κ1) is 21.7. The minimum Gasteiger partial charge on any atom is -0.390 e. The average molecular weight is 483 g/mol. The van der Waals surface area contributed by atoms with Crippen molar-refractivity contribution >= 4 is 28.5 Å². The Balaban J connectivity index is 1.18. The first-order valence-corrected chi connectivity index (χ1v) is 12.8. The molecule has 36 heavy (non-hydrogen) atoms. The Morgan fingerprint density at radius 2 is 1.92 bits per heavy atom. The lowest BCUT2D eigenvalue weighted by molar-refractivity contribution is 0.187. The third-order valence-electron chi connectivity index (χ3n) is 8.44. The molecule has 0 bridgehead atoms. The van der Waals surface area contributed by atoms with Gasteiger partial charge in [-0.25, -0.2) is 9.97 Å². The predicted molar refractivity (Wildman–Crippen MR) is 138 cm³/mol. The fourth-order valence-electron chi connectivity index (χ4n) is 6.48. The third kappa shape index (κ3) is 3.23. The standard InChI is InChI=1S/C27H30N8O/c28-23-18-6-2-1-5-17(18)15-27(23)9-13-34(14-10-27)25-20(16-36)30-22-24(31-25)32-33-26(22)35-12-4-7-19-21(35)8-3-11-29-19/h1-3,5-6,8,11,23,36H,4,7,9-10,12-16,28H2,(H,31,32,33)/t23-/m1/s1. The molecule has 0 unspecified atom stereocenters. The molecule has 0 amide bonds. The number of hydrogen-bond acceptors (Lipinski definition) is 8. The van der Waals surface area contributed by atoms with Gasteiger partial charge in [0.1, 0.15) is 5.69 Å². The molecule has 4 N–H and O–H groups in total. The molecule has 0 radical (unpaired) electrons. The molecular formula is C27H30N8O. The van der Waals surface area contributed by atoms with Crippen LogP contribution in [0.25, 0.3) is 11.2 Å². The normalized spacial score (nSPS) is 20.7. The van der Waals surface area contributed by atoms with Gasteiger partial charge in [0.25, 0.3) is 0 Å². The lowest BCUT2D eigenvalue weighted by Crippen LogP contribution is -2.45. The summed E-state index contributed by atoms with van der Waals surface area (Å²) in [5, 5.41) is 18.0. The molecule has 0 saturated carbocycles. The highest BCUT2D eigenvalue weighted by molar-refractivity contribution is 5.88. The molecular weight excluding hydrogens is 452 g/mol. The highest BCUT2D eigenvalue weighted by atomic mass is 16.3. The molecule has 3 aromatic heterocycles. The Bertz CT molecular complexity index is 1440. The summed E-state index contributed by atoms with van der Waals surface area (Å²) in [6, 6.07) is 12.7. The number of H-pyrrole nitrogens is 1. The largest absolute Gasteiger partial charge is 0.390 e. The monoisotopic (exact) mass is 482 g/mol. The van der Waals surface area contributed by atoms with E-state index in [1.54, 1.807) is 0 Å². The number of fused-ring (bicyclic) bond motifs is 3. The van der Waals surface area contributed by atoms with Crippen molar-refractivity contribution in [3.63, 3.8) is 0 Å². The van der Waals surface area contributed by atoms with Gasteiger partial charge in [0.15, 0.2) is 22.8 Å². The summed E-state index contributed by atoms with van der Waals surface area (Å²) in [5.74, 6) is 1.47. The van der Waals surface area contributed by atoms with Crippen LogP contribution in [0.15, 0.2) is 42.6 Å². The number of rotatable bonds is 3. The second kappa shape index (κ2) is 8.25. The van der Waals surface area contributed by atoms with Crippen LogP contribution in [0.5, 0.6) is 0 Å². The zero-order chi connectivity index (χ0) is 24.3. The van der Waals surface area contributed by atoms with Gasteiger partial charge in [0, 0.05) is 31.9 Å². The van der Waals surface area contributed by atoms with Gasteiger partial charge in [-0.15, -0.1) is 0 Å². The summed E-state index contributed by atoms with van der Waals surface area (Å²) in [4.78, 5) is 18.8. The van der Waals surface area contributed by atoms with Crippen molar-refractivity contribution < 1.29 is 5.11 Å². The van der Waals surface area contributed by atoms with Crippen molar-refractivity contribution in [2.75, 3.05) is 29.4 Å². The molecule has 9 nitrogen and oxygen atoms in total. The van der Waals surface area contributed by atoms with Crippen LogP contribution < -0.4 is 15.5 Å². The molecule has 4 aromatic rings. The minimum atomic E-state index is -0.173. The first-order chi connectivity index (χ1) is 17.7. The number of aliphatic hydroxyl groups excluding tert-OH is 1. The maximum absolute atomic E-state index is 10.3. The quantitative estimate of drug-likeness (QED) is 0.407. The smallest absolute Gasteiger partial charge is 0.183 e. The summed E-state index contributed by atoms with van der Waals surface area (Å²) in [5.41, 5.74) is 13.6. The maximum Gasteiger partial charge on any atom is 0.183 e. The van der Waals surface area contributed by atoms with Gasteiger partial charge < -0.3 is 20.6 Å². The number of aromatic nitrogens is 5. The summed E-state index contributed by atoms with van der Waals surface area (Å²) >= 11 is 0. The van der Waals surface area contributed by atoms with Crippen LogP contribution in [0.3, 0.4) is 0 Å². The summed E-state index contributed by atoms with van der Waals surface area (Å²) < 4.78 is 0. The number of benzene rings is 1. The fourth-order valence-corrected chi connectivity index (χ4v) is 6.48. The van der Waals surface area contributed by atoms with Crippen LogP contribution in [0.4, 0.5) is 17.3 Å². The van der Waals surface area contributed by atoms with E-state index in [1.807, 2.05) is 12.3 Å². The number of hydrogen-bond donors (Lipinski definition) is 3. The van der Waals surface area contributed by atoms with Crippen LogP contribution in [0.1, 0.15) is 47.8 Å². The van der Waals surface area contributed by atoms with Crippen LogP contribution in [0.2, 0.25) is 0 Å². The van der Waals surface area contributed by atoms with E-state index in [1.165, 1.54) is 11.1 Å². The number of nitrogens with two attached hydrogens (primary N) is 1. The van der Waals surface area contributed by atoms with E-state index in [9.17, 15) is 5.11 Å². The Kier molecular flexibility index (Phi) is 4.97. The fraction of sp³-hybridized carbons (Fsp3) is 0.407. The Labute approximate surface area is 209 Å². The van der Waals surface area contributed by atoms with E-state index in [0.717, 1.165) is 74.8 Å². The van der Waals surface area contributed by atoms with Crippen LogP contribution in [0, 0.1) is 5.41 Å². The Morgan fingerprint density at radius 1 is 1.06 bits per heavy atom. The van der Waals surface area contributed by atoms with Crippen molar-refractivity contribution in [1.29, 1.82) is 0 Å². The van der Waals surface area contributed by atoms with Crippen molar-refractivity contribution in [3.05, 3.63) is 65.1 Å². The number of pyridine rings is 1. The zero-order valence-electron chi connectivity index (χ0n) is 20.2. The minimum absolute atomic E-state index is 0.0683. The number of piperidine rings is 1. The van der Waals surface area contributed by atoms with Gasteiger partial charge in [-0.2, -0.15) is 5.10 Å². The van der Waals surface area contributed by atoms with Gasteiger partial charge >= 0.3 is 0 Å². The van der Waals surface area contributed by atoms with Gasteiger partial charge in [-0.3, -0.25) is 10.1 Å². The molecule has 1 aliphatic carbocycles. The number of anilines is 3. The van der Waals surface area contributed by atoms with Gasteiger partial charge in [0.2, 0.25) is 0 Å². The second-order valence-corrected chi connectivity index (χ2v) is 10.3. The number of nitrogens with one attached hydrogen (secondary N) is 1. The van der Waals surface area contributed by atoms with Crippen molar-refractivity contribution in [3.8, 4) is 0 Å². The third-order valence-corrected chi connectivity index (χ3v) is 8.44. The molecule has 1 fully saturated rings. The van der Waals surface area contributed by atoms with Crippen LogP contribution in [-0.2, 0) is 19.4 Å². The molecule has 5 heterocycles. The Hall–Kier alpha value is -3.56. The van der Waals surface area contributed by atoms with E-state index < -0.39 is 0 Å². The molecule has 1 spiro atoms. The average Bonchev–Trinajstić information content (AvgIpc) is 3.46. The lowest BCUT2D eigenvalue weighted by Gasteiger charge is -2.42. The second-order valence-electron chi connectivity index (χ2n) is 10.3. The Morgan fingerprint density at radius 3 is 2.75 bits per heavy atom. The van der Waals surface area contributed by atoms with Crippen LogP contribution >= 0.6 is 0 Å². The van der Waals surface area contributed by atoms with Crippen molar-refractivity contribution in [1.82, 2.24) is 25.1 Å². The summed E-state index contributed by atoms with van der Waals surface area (Å²) in [6.45, 7) is 2.34. The zero-order valence-corrected chi connectivity index (χ0v) is 20.2. The molecule has 184 valence electrons. The van der Waals surface area contributed by atoms with E-state index in [0.29, 0.717) is 16.9 Å². The molecule has 3 aliphatic rings. The number of aryl methyl sites for hydroxylation is 1. The molecule has 9 heteroatoms. The van der Waals surface area contributed by atoms with Crippen molar-refractivity contribution in [2.24, 2.45) is 11.1 Å². The lowest BCUT2D eigenvalue weighted by atomic mass is 9.73. The molecule has 1 saturated heterocycles. The van der Waals surface area contributed by atoms with Gasteiger partial charge in [0.05, 0.1) is 18.0 Å². The maximum atomic E-state index is 10.3. The predicted octanol–water partition coefficient (Wildman–Crippen LogP) is 3.17. The molecule has 7 rings (SSSR count). The van der Waals surface area contributed by atoms with Gasteiger partial charge in [-0.05, 0) is 60.8 Å². The van der Waals surface area contributed by atoms with E-state index in [-0.39, 0.29) is 18.1 Å².